The summed E-state index contributed by atoms with van der Waals surface area (Å²) in [5.41, 5.74) is 2.55. The number of benzene rings is 3. The Bertz CT molecular complexity index is 2060. The molecule has 290 valence electrons. The molecular formula is C41H46F2N6O6. The van der Waals surface area contributed by atoms with Crippen molar-refractivity contribution in [2.24, 2.45) is 11.3 Å². The first-order valence-electron chi connectivity index (χ1n) is 19.0. The van der Waals surface area contributed by atoms with E-state index in [2.05, 4.69) is 21.2 Å². The largest absolute Gasteiger partial charge is 0.503 e. The summed E-state index contributed by atoms with van der Waals surface area (Å²) < 4.78 is 36.0. The Balaban J connectivity index is 0.865. The summed E-state index contributed by atoms with van der Waals surface area (Å²) in [6.07, 6.45) is 2.38. The summed E-state index contributed by atoms with van der Waals surface area (Å²) in [7, 11) is 1.51. The molecule has 0 aliphatic carbocycles. The molecule has 55 heavy (non-hydrogen) atoms. The van der Waals surface area contributed by atoms with Crippen molar-refractivity contribution in [3.8, 4) is 11.5 Å². The second kappa shape index (κ2) is 14.1. The van der Waals surface area contributed by atoms with E-state index in [0.29, 0.717) is 54.5 Å². The van der Waals surface area contributed by atoms with Gasteiger partial charge in [-0.15, -0.1) is 0 Å². The molecule has 5 heterocycles. The average Bonchev–Trinajstić information content (AvgIpc) is 3.50. The number of para-hydroxylation sites is 1. The first-order chi connectivity index (χ1) is 26.3. The Morgan fingerprint density at radius 1 is 0.873 bits per heavy atom. The lowest BCUT2D eigenvalue weighted by Gasteiger charge is -2.53. The number of carbonyl (C=O) groups excluding carboxylic acids is 4. The van der Waals surface area contributed by atoms with Gasteiger partial charge >= 0.3 is 0 Å². The van der Waals surface area contributed by atoms with Gasteiger partial charge in [0.25, 0.3) is 5.91 Å². The number of halogens is 2. The van der Waals surface area contributed by atoms with Crippen LogP contribution in [0.3, 0.4) is 0 Å². The number of amides is 4. The van der Waals surface area contributed by atoms with Gasteiger partial charge in [0.15, 0.2) is 11.6 Å². The van der Waals surface area contributed by atoms with Crippen LogP contribution in [0.5, 0.6) is 11.5 Å². The van der Waals surface area contributed by atoms with Gasteiger partial charge in [-0.3, -0.25) is 34.3 Å². The van der Waals surface area contributed by atoms with Crippen molar-refractivity contribution < 1.29 is 37.8 Å². The molecule has 0 aromatic heterocycles. The number of methoxy groups -OCH3 is 1. The van der Waals surface area contributed by atoms with Gasteiger partial charge in [-0.2, -0.15) is 0 Å². The smallest absolute Gasteiger partial charge is 0.255 e. The fourth-order valence-electron chi connectivity index (χ4n) is 9.13. The van der Waals surface area contributed by atoms with Crippen LogP contribution in [0.4, 0.5) is 25.8 Å². The second-order valence-corrected chi connectivity index (χ2v) is 15.9. The third-order valence-electron chi connectivity index (χ3n) is 12.2. The number of hydrogen-bond acceptors (Lipinski definition) is 9. The van der Waals surface area contributed by atoms with E-state index >= 15 is 4.39 Å². The number of piperazine rings is 1. The van der Waals surface area contributed by atoms with Crippen LogP contribution < -0.4 is 24.8 Å². The highest BCUT2D eigenvalue weighted by Gasteiger charge is 2.57. The molecule has 8 rings (SSSR count). The number of hydrogen-bond donors (Lipinski definition) is 2. The maximum Gasteiger partial charge on any atom is 0.255 e. The zero-order valence-electron chi connectivity index (χ0n) is 31.3. The minimum atomic E-state index is -0.938. The zero-order chi connectivity index (χ0) is 38.8. The van der Waals surface area contributed by atoms with Crippen LogP contribution in [0, 0.1) is 23.0 Å². The number of nitrogens with one attached hydrogen (secondary N) is 1. The van der Waals surface area contributed by atoms with E-state index in [-0.39, 0.29) is 29.8 Å². The molecule has 12 nitrogen and oxygen atoms in total. The maximum atomic E-state index is 16.0. The van der Waals surface area contributed by atoms with Gasteiger partial charge < -0.3 is 24.5 Å². The molecule has 5 aliphatic rings. The topological polar surface area (TPSA) is 126 Å². The molecule has 3 aromatic carbocycles. The highest BCUT2D eigenvalue weighted by Crippen LogP contribution is 2.56. The molecule has 4 saturated heterocycles. The first-order valence-corrected chi connectivity index (χ1v) is 19.0. The number of nitrogens with zero attached hydrogens (tertiary/aromatic N) is 5. The highest BCUT2D eigenvalue weighted by atomic mass is 19.1. The van der Waals surface area contributed by atoms with Gasteiger partial charge in [-0.05, 0) is 81.0 Å². The van der Waals surface area contributed by atoms with Crippen molar-refractivity contribution in [2.75, 3.05) is 67.6 Å². The van der Waals surface area contributed by atoms with Crippen LogP contribution in [-0.2, 0) is 20.9 Å². The number of rotatable bonds is 8. The number of phenols is 1. The monoisotopic (exact) mass is 756 g/mol. The van der Waals surface area contributed by atoms with Crippen molar-refractivity contribution in [1.29, 1.82) is 0 Å². The number of carbonyl (C=O) groups is 4. The van der Waals surface area contributed by atoms with Gasteiger partial charge in [0.05, 0.1) is 29.9 Å². The third-order valence-corrected chi connectivity index (χ3v) is 12.2. The van der Waals surface area contributed by atoms with E-state index in [4.69, 9.17) is 4.74 Å². The summed E-state index contributed by atoms with van der Waals surface area (Å²) >= 11 is 0. The molecule has 0 saturated carbocycles. The highest BCUT2D eigenvalue weighted by molar-refractivity contribution is 6.07. The lowest BCUT2D eigenvalue weighted by Crippen LogP contribution is -2.61. The molecule has 0 unspecified atom stereocenters. The molecule has 2 atom stereocenters. The van der Waals surface area contributed by atoms with Gasteiger partial charge in [-0.25, -0.2) is 8.78 Å². The number of phenolic OH excluding ortho intramolecular Hbond substituents is 1. The van der Waals surface area contributed by atoms with Crippen LogP contribution >= 0.6 is 0 Å². The molecule has 4 fully saturated rings. The average molecular weight is 757 g/mol. The van der Waals surface area contributed by atoms with E-state index in [1.807, 2.05) is 17.0 Å². The third kappa shape index (κ3) is 6.43. The first kappa shape index (κ1) is 36.7. The van der Waals surface area contributed by atoms with Crippen molar-refractivity contribution >= 4 is 40.7 Å². The Labute approximate surface area is 318 Å². The zero-order valence-corrected chi connectivity index (χ0v) is 31.3. The second-order valence-electron chi connectivity index (χ2n) is 15.9. The minimum Gasteiger partial charge on any atom is -0.503 e. The fraction of sp³-hybridized carbons (Fsp3) is 0.463. The van der Waals surface area contributed by atoms with Crippen molar-refractivity contribution in [1.82, 2.24) is 15.1 Å². The number of fused-ring (bicyclic) bond motifs is 1. The number of aromatic hydroxyl groups is 1. The summed E-state index contributed by atoms with van der Waals surface area (Å²) in [6.45, 7) is 9.67. The number of ether oxygens (including phenoxy) is 1. The number of imide groups is 1. The van der Waals surface area contributed by atoms with Crippen LogP contribution in [0.15, 0.2) is 48.5 Å². The van der Waals surface area contributed by atoms with E-state index in [1.54, 1.807) is 24.8 Å². The number of anilines is 3. The number of β-lactam (4-membered cyclic amide) rings is 1. The lowest BCUT2D eigenvalue weighted by molar-refractivity contribution is -0.138. The van der Waals surface area contributed by atoms with Crippen LogP contribution in [0.2, 0.25) is 0 Å². The van der Waals surface area contributed by atoms with E-state index in [1.165, 1.54) is 30.2 Å². The summed E-state index contributed by atoms with van der Waals surface area (Å²) in [4.78, 5) is 60.2. The normalized spacial score (nSPS) is 23.2. The van der Waals surface area contributed by atoms with Gasteiger partial charge in [0.2, 0.25) is 17.7 Å². The maximum absolute atomic E-state index is 16.0. The Morgan fingerprint density at radius 3 is 2.33 bits per heavy atom. The van der Waals surface area contributed by atoms with E-state index in [9.17, 15) is 28.7 Å². The molecule has 0 bridgehead atoms. The van der Waals surface area contributed by atoms with Crippen molar-refractivity contribution in [3.63, 3.8) is 0 Å². The molecule has 2 N–H and O–H groups in total. The van der Waals surface area contributed by atoms with Gasteiger partial charge in [0.1, 0.15) is 17.6 Å². The molecule has 0 spiro atoms. The molecular weight excluding hydrogens is 710 g/mol. The molecule has 0 radical (unpaired) electrons. The quantitative estimate of drug-likeness (QED) is 0.251. The summed E-state index contributed by atoms with van der Waals surface area (Å²) in [5, 5.41) is 12.8. The van der Waals surface area contributed by atoms with E-state index in [0.717, 1.165) is 62.9 Å². The Morgan fingerprint density at radius 2 is 1.62 bits per heavy atom. The van der Waals surface area contributed by atoms with Crippen molar-refractivity contribution in [2.45, 2.75) is 58.2 Å². The fourth-order valence-corrected chi connectivity index (χ4v) is 9.13. The molecule has 14 heteroatoms. The summed E-state index contributed by atoms with van der Waals surface area (Å²) in [6, 6.07) is 11.7. The molecule has 3 aromatic rings. The van der Waals surface area contributed by atoms with E-state index < -0.39 is 40.8 Å². The van der Waals surface area contributed by atoms with Crippen LogP contribution in [0.1, 0.15) is 67.1 Å². The van der Waals surface area contributed by atoms with Gasteiger partial charge in [-0.1, -0.05) is 6.07 Å². The minimum absolute atomic E-state index is 0.0327. The summed E-state index contributed by atoms with van der Waals surface area (Å²) in [5.74, 6) is -2.20. The molecule has 4 amide bonds. The Kier molecular flexibility index (Phi) is 9.43. The van der Waals surface area contributed by atoms with Crippen LogP contribution in [0.25, 0.3) is 0 Å². The van der Waals surface area contributed by atoms with Crippen LogP contribution in [-0.4, -0.2) is 97.5 Å². The SMILES string of the molecule is COc1cc(N2CCC(CN3CCN(c4ccc5c(c4)CN([C@H]4CCC(=O)NC4=O)C5=O)CC3)CC2)c(F)cc1[C@@H]1N(c2cccc(F)c2O)C(=O)C1(C)C. The predicted octanol–water partition coefficient (Wildman–Crippen LogP) is 4.59. The molecule has 5 aliphatic heterocycles. The predicted molar refractivity (Wildman–Crippen MR) is 201 cm³/mol. The standard InChI is InChI=1S/C41H46F2N6O6/c1-41(2)37(49(40(41)54)31-6-4-5-29(42)36(31)51)28-20-30(43)33(21-34(28)55-3)47-13-11-24(12-14-47)22-45-15-17-46(18-16-45)26-7-8-27-25(19-26)23-48(39(27)53)32-9-10-35(50)44-38(32)52/h4-8,19-21,24,32,37,51H,9-18,22-23H2,1-3H3,(H,44,50,52)/t32-,37-/m0/s1. The van der Waals surface area contributed by atoms with Crippen molar-refractivity contribution in [3.05, 3.63) is 76.9 Å². The van der Waals surface area contributed by atoms with Gasteiger partial charge in [0, 0.05) is 81.7 Å². The Hall–Kier alpha value is -5.24. The number of piperidine rings is 2. The lowest BCUT2D eigenvalue weighted by atomic mass is 9.70.